The summed E-state index contributed by atoms with van der Waals surface area (Å²) in [7, 11) is 1.65. The topological polar surface area (TPSA) is 117 Å². The van der Waals surface area contributed by atoms with Gasteiger partial charge in [-0.05, 0) is 43.3 Å². The van der Waals surface area contributed by atoms with E-state index in [1.165, 1.54) is 28.9 Å². The average molecular weight is 447 g/mol. The van der Waals surface area contributed by atoms with E-state index in [2.05, 4.69) is 15.6 Å². The molecule has 1 heterocycles. The number of aromatic nitrogens is 2. The van der Waals surface area contributed by atoms with Crippen LogP contribution in [0.5, 0.6) is 5.75 Å². The first kappa shape index (κ1) is 21.4. The number of amides is 1. The summed E-state index contributed by atoms with van der Waals surface area (Å²) in [4.78, 5) is 23.1. The number of aromatic hydroxyl groups is 1. The Balaban J connectivity index is 1.83. The van der Waals surface area contributed by atoms with Crippen LogP contribution in [-0.4, -0.2) is 37.6 Å². The number of benzene rings is 2. The summed E-state index contributed by atoms with van der Waals surface area (Å²) in [6.45, 7) is 1.58. The zero-order valence-electron chi connectivity index (χ0n) is 15.8. The van der Waals surface area contributed by atoms with E-state index >= 15 is 0 Å². The van der Waals surface area contributed by atoms with Crippen molar-refractivity contribution in [3.63, 3.8) is 0 Å². The predicted molar refractivity (Wildman–Crippen MR) is 113 cm³/mol. The SMILES string of the molecule is C/C(=N/NC(=O)c1ccc(C(=O)O)cc1)c1nn(C)c(-c2ccc(Cl)c(Cl)c2)c1O. The molecule has 0 saturated carbocycles. The fourth-order valence-electron chi connectivity index (χ4n) is 2.74. The number of carboxylic acid groups (broad SMARTS) is 1. The lowest BCUT2D eigenvalue weighted by atomic mass is 10.1. The van der Waals surface area contributed by atoms with E-state index in [0.717, 1.165) is 0 Å². The van der Waals surface area contributed by atoms with E-state index in [-0.39, 0.29) is 28.3 Å². The minimum atomic E-state index is -1.08. The third kappa shape index (κ3) is 4.29. The lowest BCUT2D eigenvalue weighted by Crippen LogP contribution is -2.19. The average Bonchev–Trinajstić information content (AvgIpc) is 3.02. The highest BCUT2D eigenvalue weighted by atomic mass is 35.5. The highest BCUT2D eigenvalue weighted by Gasteiger charge is 2.20. The Bertz CT molecular complexity index is 1170. The summed E-state index contributed by atoms with van der Waals surface area (Å²) >= 11 is 12.0. The lowest BCUT2D eigenvalue weighted by molar-refractivity contribution is 0.0696. The van der Waals surface area contributed by atoms with E-state index in [1.54, 1.807) is 32.2 Å². The molecule has 0 fully saturated rings. The Kier molecular flexibility index (Phi) is 6.09. The summed E-state index contributed by atoms with van der Waals surface area (Å²) in [5.74, 6) is -1.75. The molecule has 0 aliphatic heterocycles. The first-order chi connectivity index (χ1) is 14.2. The molecule has 1 aromatic heterocycles. The molecule has 2 aromatic carbocycles. The first-order valence-corrected chi connectivity index (χ1v) is 9.34. The molecule has 0 aliphatic carbocycles. The molecule has 0 spiro atoms. The van der Waals surface area contributed by atoms with Gasteiger partial charge >= 0.3 is 5.97 Å². The van der Waals surface area contributed by atoms with Gasteiger partial charge < -0.3 is 10.2 Å². The summed E-state index contributed by atoms with van der Waals surface area (Å²) in [6, 6.07) is 10.3. The summed E-state index contributed by atoms with van der Waals surface area (Å²) < 4.78 is 1.47. The fourth-order valence-corrected chi connectivity index (χ4v) is 3.04. The van der Waals surface area contributed by atoms with Gasteiger partial charge in [-0.25, -0.2) is 10.2 Å². The smallest absolute Gasteiger partial charge is 0.335 e. The van der Waals surface area contributed by atoms with Crippen molar-refractivity contribution in [2.24, 2.45) is 12.1 Å². The van der Waals surface area contributed by atoms with Crippen LogP contribution in [0.3, 0.4) is 0 Å². The maximum Gasteiger partial charge on any atom is 0.335 e. The third-order valence-corrected chi connectivity index (χ3v) is 5.02. The Hall–Kier alpha value is -3.36. The van der Waals surface area contributed by atoms with E-state index in [9.17, 15) is 14.7 Å². The molecule has 3 N–H and O–H groups in total. The number of nitrogens with one attached hydrogen (secondary N) is 1. The molecule has 30 heavy (non-hydrogen) atoms. The van der Waals surface area contributed by atoms with Crippen molar-refractivity contribution in [3.05, 3.63) is 69.3 Å². The molecule has 0 aliphatic rings. The van der Waals surface area contributed by atoms with Crippen LogP contribution in [0.25, 0.3) is 11.3 Å². The van der Waals surface area contributed by atoms with Crippen LogP contribution in [0.15, 0.2) is 47.6 Å². The van der Waals surface area contributed by atoms with Crippen LogP contribution >= 0.6 is 23.2 Å². The quantitative estimate of drug-likeness (QED) is 0.405. The predicted octanol–water partition coefficient (Wildman–Crippen LogP) is 3.95. The Labute approximate surface area is 181 Å². The van der Waals surface area contributed by atoms with E-state index in [1.807, 2.05) is 0 Å². The van der Waals surface area contributed by atoms with Gasteiger partial charge in [-0.1, -0.05) is 29.3 Å². The van der Waals surface area contributed by atoms with Gasteiger partial charge in [0.2, 0.25) is 0 Å². The van der Waals surface area contributed by atoms with Gasteiger partial charge in [0, 0.05) is 18.2 Å². The molecule has 0 atom stereocenters. The molecule has 0 bridgehead atoms. The minimum Gasteiger partial charge on any atom is -0.504 e. The summed E-state index contributed by atoms with van der Waals surface area (Å²) in [6.07, 6.45) is 0. The molecule has 0 unspecified atom stereocenters. The van der Waals surface area contributed by atoms with Crippen LogP contribution in [0.2, 0.25) is 10.0 Å². The van der Waals surface area contributed by atoms with Crippen molar-refractivity contribution >= 4 is 40.8 Å². The van der Waals surface area contributed by atoms with Gasteiger partial charge in [0.1, 0.15) is 5.69 Å². The van der Waals surface area contributed by atoms with Crippen LogP contribution in [0.4, 0.5) is 0 Å². The minimum absolute atomic E-state index is 0.0690. The molecule has 8 nitrogen and oxygen atoms in total. The Morgan fingerprint density at radius 3 is 2.30 bits per heavy atom. The fraction of sp³-hybridized carbons (Fsp3) is 0.100. The summed E-state index contributed by atoms with van der Waals surface area (Å²) in [5.41, 5.74) is 4.13. The van der Waals surface area contributed by atoms with Crippen molar-refractivity contribution in [1.82, 2.24) is 15.2 Å². The molecule has 10 heteroatoms. The number of hydrogen-bond donors (Lipinski definition) is 3. The number of aromatic carboxylic acids is 1. The molecule has 1 amide bonds. The Morgan fingerprint density at radius 2 is 1.70 bits per heavy atom. The number of carboxylic acids is 1. The van der Waals surface area contributed by atoms with Crippen molar-refractivity contribution in [2.45, 2.75) is 6.92 Å². The normalized spacial score (nSPS) is 11.4. The molecular formula is C20H16Cl2N4O4. The number of hydrazone groups is 1. The zero-order chi connectivity index (χ0) is 22.0. The molecule has 154 valence electrons. The van der Waals surface area contributed by atoms with Crippen LogP contribution in [-0.2, 0) is 7.05 Å². The number of carbonyl (C=O) groups excluding carboxylic acids is 1. The van der Waals surface area contributed by atoms with Crippen LogP contribution in [0, 0.1) is 0 Å². The van der Waals surface area contributed by atoms with Gasteiger partial charge in [-0.3, -0.25) is 9.48 Å². The second-order valence-corrected chi connectivity index (χ2v) is 7.13. The van der Waals surface area contributed by atoms with Gasteiger partial charge in [-0.2, -0.15) is 10.2 Å². The first-order valence-electron chi connectivity index (χ1n) is 8.58. The number of aryl methyl sites for hydroxylation is 1. The molecule has 3 rings (SSSR count). The van der Waals surface area contributed by atoms with E-state index in [0.29, 0.717) is 21.3 Å². The number of halogens is 2. The van der Waals surface area contributed by atoms with Crippen molar-refractivity contribution < 1.29 is 19.8 Å². The monoisotopic (exact) mass is 446 g/mol. The zero-order valence-corrected chi connectivity index (χ0v) is 17.4. The van der Waals surface area contributed by atoms with Gasteiger partial charge in [-0.15, -0.1) is 0 Å². The van der Waals surface area contributed by atoms with E-state index in [4.69, 9.17) is 28.3 Å². The van der Waals surface area contributed by atoms with Crippen molar-refractivity contribution in [1.29, 1.82) is 0 Å². The standard InChI is InChI=1S/C20H16Cl2N4O4/c1-10(23-24-19(28)11-3-5-12(6-4-11)20(29)30)16-18(27)17(26(2)25-16)13-7-8-14(21)15(22)9-13/h3-9,27H,1-2H3,(H,24,28)(H,29,30)/b23-10-. The van der Waals surface area contributed by atoms with Gasteiger partial charge in [0.05, 0.1) is 21.3 Å². The number of rotatable bonds is 5. The molecule has 0 radical (unpaired) electrons. The third-order valence-electron chi connectivity index (χ3n) is 4.28. The number of hydrogen-bond acceptors (Lipinski definition) is 5. The number of nitrogens with zero attached hydrogens (tertiary/aromatic N) is 3. The lowest BCUT2D eigenvalue weighted by Gasteiger charge is -2.04. The van der Waals surface area contributed by atoms with Gasteiger partial charge in [0.15, 0.2) is 11.4 Å². The second-order valence-electron chi connectivity index (χ2n) is 6.32. The van der Waals surface area contributed by atoms with Crippen LogP contribution in [0.1, 0.15) is 33.3 Å². The highest BCUT2D eigenvalue weighted by Crippen LogP contribution is 2.35. The van der Waals surface area contributed by atoms with Crippen molar-refractivity contribution in [2.75, 3.05) is 0 Å². The maximum absolute atomic E-state index is 12.2. The van der Waals surface area contributed by atoms with Crippen molar-refractivity contribution in [3.8, 4) is 17.0 Å². The molecular weight excluding hydrogens is 431 g/mol. The van der Waals surface area contributed by atoms with Crippen LogP contribution < -0.4 is 5.43 Å². The maximum atomic E-state index is 12.2. The largest absolute Gasteiger partial charge is 0.504 e. The summed E-state index contributed by atoms with van der Waals surface area (Å²) in [5, 5.41) is 28.5. The van der Waals surface area contributed by atoms with E-state index < -0.39 is 11.9 Å². The molecule has 3 aromatic rings. The molecule has 0 saturated heterocycles. The Morgan fingerprint density at radius 1 is 1.07 bits per heavy atom. The number of carbonyl (C=O) groups is 2. The highest BCUT2D eigenvalue weighted by molar-refractivity contribution is 6.42. The second kappa shape index (κ2) is 8.56. The van der Waals surface area contributed by atoms with Gasteiger partial charge in [0.25, 0.3) is 5.91 Å².